The summed E-state index contributed by atoms with van der Waals surface area (Å²) >= 11 is 0. The zero-order valence-electron chi connectivity index (χ0n) is 9.36. The molecule has 2 aromatic rings. The third-order valence-electron chi connectivity index (χ3n) is 2.65. The van der Waals surface area contributed by atoms with Gasteiger partial charge in [-0.25, -0.2) is 4.39 Å². The number of phenolic OH excluding ortho intramolecular Hbond substituents is 1. The average Bonchev–Trinajstić information content (AvgIpc) is 2.33. The predicted molar refractivity (Wildman–Crippen MR) is 66.3 cm³/mol. The van der Waals surface area contributed by atoms with Crippen LogP contribution in [-0.2, 0) is 6.42 Å². The highest BCUT2D eigenvalue weighted by Crippen LogP contribution is 2.30. The Bertz CT molecular complexity index is 508. The van der Waals surface area contributed by atoms with Gasteiger partial charge in [0.2, 0.25) is 0 Å². The molecule has 0 aliphatic heterocycles. The molecule has 0 heterocycles. The molecule has 88 valence electrons. The summed E-state index contributed by atoms with van der Waals surface area (Å²) in [5, 5.41) is 9.80. The van der Waals surface area contributed by atoms with E-state index in [1.54, 1.807) is 18.2 Å². The van der Waals surface area contributed by atoms with Gasteiger partial charge in [0, 0.05) is 5.56 Å². The minimum absolute atomic E-state index is 0.192. The van der Waals surface area contributed by atoms with E-state index in [-0.39, 0.29) is 11.6 Å². The zero-order valence-corrected chi connectivity index (χ0v) is 9.36. The van der Waals surface area contributed by atoms with Crippen LogP contribution in [0.15, 0.2) is 42.5 Å². The Balaban J connectivity index is 2.42. The van der Waals surface area contributed by atoms with Crippen LogP contribution in [0.5, 0.6) is 5.75 Å². The molecule has 2 rings (SSSR count). The molecular formula is C14H14FNO. The fourth-order valence-electron chi connectivity index (χ4n) is 1.77. The van der Waals surface area contributed by atoms with Crippen LogP contribution in [0.1, 0.15) is 5.56 Å². The normalized spacial score (nSPS) is 10.5. The Morgan fingerprint density at radius 3 is 2.41 bits per heavy atom. The van der Waals surface area contributed by atoms with Crippen LogP contribution in [0.25, 0.3) is 11.1 Å². The van der Waals surface area contributed by atoms with Crippen LogP contribution in [0.3, 0.4) is 0 Å². The van der Waals surface area contributed by atoms with Crippen molar-refractivity contribution in [2.24, 2.45) is 5.73 Å². The van der Waals surface area contributed by atoms with Gasteiger partial charge in [0.15, 0.2) is 0 Å². The standard InChI is InChI=1S/C14H14FNO/c15-12-4-2-11(3-5-12)13-9-10(7-8-16)1-6-14(13)17/h1-6,9,17H,7-8,16H2. The van der Waals surface area contributed by atoms with Crippen LogP contribution in [-0.4, -0.2) is 11.7 Å². The largest absolute Gasteiger partial charge is 0.507 e. The highest BCUT2D eigenvalue weighted by Gasteiger charge is 2.05. The fourth-order valence-corrected chi connectivity index (χ4v) is 1.77. The van der Waals surface area contributed by atoms with Gasteiger partial charge < -0.3 is 10.8 Å². The van der Waals surface area contributed by atoms with Crippen LogP contribution in [0, 0.1) is 5.82 Å². The van der Waals surface area contributed by atoms with Crippen LogP contribution < -0.4 is 5.73 Å². The summed E-state index contributed by atoms with van der Waals surface area (Å²) in [6.45, 7) is 0.563. The second-order valence-corrected chi connectivity index (χ2v) is 3.90. The number of phenols is 1. The summed E-state index contributed by atoms with van der Waals surface area (Å²) in [5.74, 6) is -0.0938. The Kier molecular flexibility index (Phi) is 3.40. The van der Waals surface area contributed by atoms with Crippen LogP contribution >= 0.6 is 0 Å². The molecule has 17 heavy (non-hydrogen) atoms. The molecule has 3 N–H and O–H groups in total. The van der Waals surface area contributed by atoms with Crippen molar-refractivity contribution in [2.45, 2.75) is 6.42 Å². The SMILES string of the molecule is NCCc1ccc(O)c(-c2ccc(F)cc2)c1. The number of hydrogen-bond acceptors (Lipinski definition) is 2. The van der Waals surface area contributed by atoms with Crippen molar-refractivity contribution in [3.05, 3.63) is 53.8 Å². The van der Waals surface area contributed by atoms with E-state index in [1.165, 1.54) is 12.1 Å². The molecule has 0 saturated carbocycles. The fraction of sp³-hybridized carbons (Fsp3) is 0.143. The second-order valence-electron chi connectivity index (χ2n) is 3.90. The number of rotatable bonds is 3. The minimum atomic E-state index is -0.286. The van der Waals surface area contributed by atoms with Gasteiger partial charge in [-0.3, -0.25) is 0 Å². The minimum Gasteiger partial charge on any atom is -0.507 e. The van der Waals surface area contributed by atoms with E-state index in [0.29, 0.717) is 12.1 Å². The number of halogens is 1. The van der Waals surface area contributed by atoms with E-state index >= 15 is 0 Å². The van der Waals surface area contributed by atoms with Gasteiger partial charge in [-0.1, -0.05) is 18.2 Å². The third kappa shape index (κ3) is 2.63. The van der Waals surface area contributed by atoms with E-state index in [1.807, 2.05) is 12.1 Å². The van der Waals surface area contributed by atoms with Crippen LogP contribution in [0.4, 0.5) is 4.39 Å². The summed E-state index contributed by atoms with van der Waals surface area (Å²) in [6.07, 6.45) is 0.758. The summed E-state index contributed by atoms with van der Waals surface area (Å²) in [4.78, 5) is 0. The zero-order chi connectivity index (χ0) is 12.3. The number of aromatic hydroxyl groups is 1. The van der Waals surface area contributed by atoms with Crippen molar-refractivity contribution < 1.29 is 9.50 Å². The maximum absolute atomic E-state index is 12.8. The maximum Gasteiger partial charge on any atom is 0.123 e. The molecule has 0 spiro atoms. The van der Waals surface area contributed by atoms with Gasteiger partial charge in [0.1, 0.15) is 11.6 Å². The Morgan fingerprint density at radius 1 is 1.06 bits per heavy atom. The van der Waals surface area contributed by atoms with E-state index < -0.39 is 0 Å². The lowest BCUT2D eigenvalue weighted by molar-refractivity contribution is 0.477. The molecule has 0 aliphatic rings. The van der Waals surface area contributed by atoms with Gasteiger partial charge >= 0.3 is 0 Å². The molecule has 3 heteroatoms. The molecule has 0 radical (unpaired) electrons. The van der Waals surface area contributed by atoms with E-state index in [4.69, 9.17) is 5.73 Å². The lowest BCUT2D eigenvalue weighted by Gasteiger charge is -2.07. The Morgan fingerprint density at radius 2 is 1.76 bits per heavy atom. The van der Waals surface area contributed by atoms with E-state index in [9.17, 15) is 9.50 Å². The summed E-state index contributed by atoms with van der Waals surface area (Å²) < 4.78 is 12.8. The maximum atomic E-state index is 12.8. The molecule has 2 aromatic carbocycles. The third-order valence-corrected chi connectivity index (χ3v) is 2.65. The number of nitrogens with two attached hydrogens (primary N) is 1. The molecule has 0 bridgehead atoms. The van der Waals surface area contributed by atoms with E-state index in [0.717, 1.165) is 17.5 Å². The first kappa shape index (κ1) is 11.6. The summed E-state index contributed by atoms with van der Waals surface area (Å²) in [7, 11) is 0. The molecule has 2 nitrogen and oxygen atoms in total. The first-order valence-corrected chi connectivity index (χ1v) is 5.48. The molecular weight excluding hydrogens is 217 g/mol. The molecule has 0 aromatic heterocycles. The smallest absolute Gasteiger partial charge is 0.123 e. The number of benzene rings is 2. The second kappa shape index (κ2) is 4.97. The number of hydrogen-bond donors (Lipinski definition) is 2. The lowest BCUT2D eigenvalue weighted by atomic mass is 10.0. The summed E-state index contributed by atoms with van der Waals surface area (Å²) in [5.41, 5.74) is 8.05. The Hall–Kier alpha value is -1.87. The monoisotopic (exact) mass is 231 g/mol. The van der Waals surface area contributed by atoms with Crippen molar-refractivity contribution in [2.75, 3.05) is 6.54 Å². The van der Waals surface area contributed by atoms with Crippen molar-refractivity contribution in [1.82, 2.24) is 0 Å². The Labute approximate surface area is 99.5 Å². The highest BCUT2D eigenvalue weighted by molar-refractivity contribution is 5.70. The highest BCUT2D eigenvalue weighted by atomic mass is 19.1. The molecule has 0 fully saturated rings. The van der Waals surface area contributed by atoms with E-state index in [2.05, 4.69) is 0 Å². The average molecular weight is 231 g/mol. The van der Waals surface area contributed by atoms with Crippen molar-refractivity contribution >= 4 is 0 Å². The van der Waals surface area contributed by atoms with Gasteiger partial charge in [-0.2, -0.15) is 0 Å². The molecule has 0 aliphatic carbocycles. The van der Waals surface area contributed by atoms with Gasteiger partial charge in [-0.05, 0) is 48.4 Å². The first-order valence-electron chi connectivity index (χ1n) is 5.48. The molecule has 0 atom stereocenters. The van der Waals surface area contributed by atoms with Crippen molar-refractivity contribution in [1.29, 1.82) is 0 Å². The summed E-state index contributed by atoms with van der Waals surface area (Å²) in [6, 6.07) is 11.4. The quantitative estimate of drug-likeness (QED) is 0.853. The van der Waals surface area contributed by atoms with Crippen LogP contribution in [0.2, 0.25) is 0 Å². The predicted octanol–water partition coefficient (Wildman–Crippen LogP) is 2.70. The van der Waals surface area contributed by atoms with Gasteiger partial charge in [0.05, 0.1) is 0 Å². The molecule has 0 amide bonds. The van der Waals surface area contributed by atoms with Gasteiger partial charge in [0.25, 0.3) is 0 Å². The molecule has 0 saturated heterocycles. The topological polar surface area (TPSA) is 46.2 Å². The van der Waals surface area contributed by atoms with Gasteiger partial charge in [-0.15, -0.1) is 0 Å². The molecule has 0 unspecified atom stereocenters. The lowest BCUT2D eigenvalue weighted by Crippen LogP contribution is -2.02. The van der Waals surface area contributed by atoms with Crippen molar-refractivity contribution in [3.63, 3.8) is 0 Å². The first-order chi connectivity index (χ1) is 8.20. The van der Waals surface area contributed by atoms with Crippen molar-refractivity contribution in [3.8, 4) is 16.9 Å².